The van der Waals surface area contributed by atoms with Crippen molar-refractivity contribution in [2.75, 3.05) is 20.8 Å². The molecule has 0 fully saturated rings. The molecule has 0 aliphatic carbocycles. The van der Waals surface area contributed by atoms with E-state index in [0.717, 1.165) is 21.9 Å². The van der Waals surface area contributed by atoms with Gasteiger partial charge in [-0.15, -0.1) is 0 Å². The molecule has 0 spiro atoms. The predicted octanol–water partition coefficient (Wildman–Crippen LogP) is 4.11. The molecule has 1 amide bonds. The van der Waals surface area contributed by atoms with Crippen LogP contribution in [0.3, 0.4) is 0 Å². The van der Waals surface area contributed by atoms with Crippen LogP contribution in [0.5, 0.6) is 11.5 Å². The van der Waals surface area contributed by atoms with Crippen LogP contribution in [0.4, 0.5) is 0 Å². The fourth-order valence-corrected chi connectivity index (χ4v) is 3.22. The van der Waals surface area contributed by atoms with E-state index in [1.54, 1.807) is 32.4 Å². The Morgan fingerprint density at radius 3 is 2.59 bits per heavy atom. The van der Waals surface area contributed by atoms with Gasteiger partial charge in [-0.1, -0.05) is 48.5 Å². The van der Waals surface area contributed by atoms with Crippen molar-refractivity contribution in [1.82, 2.24) is 5.32 Å². The van der Waals surface area contributed by atoms with Gasteiger partial charge in [0.05, 0.1) is 20.3 Å². The summed E-state index contributed by atoms with van der Waals surface area (Å²) in [5.41, 5.74) is 1.70. The van der Waals surface area contributed by atoms with Gasteiger partial charge in [-0.2, -0.15) is 0 Å². The first kappa shape index (κ1) is 20.4. The van der Waals surface area contributed by atoms with E-state index in [1.807, 2.05) is 48.5 Å². The zero-order valence-corrected chi connectivity index (χ0v) is 16.6. The lowest BCUT2D eigenvalue weighted by molar-refractivity contribution is -0.116. The fourth-order valence-electron chi connectivity index (χ4n) is 3.22. The summed E-state index contributed by atoms with van der Waals surface area (Å²) in [5.74, 6) is 1.02. The lowest BCUT2D eigenvalue weighted by Crippen LogP contribution is -2.23. The Morgan fingerprint density at radius 1 is 1.03 bits per heavy atom. The number of aliphatic hydroxyl groups is 1. The number of ether oxygens (including phenoxy) is 2. The highest BCUT2D eigenvalue weighted by atomic mass is 16.5. The van der Waals surface area contributed by atoms with Gasteiger partial charge in [0.25, 0.3) is 0 Å². The van der Waals surface area contributed by atoms with Gasteiger partial charge in [0, 0.05) is 12.6 Å². The van der Waals surface area contributed by atoms with Gasteiger partial charge in [-0.3, -0.25) is 4.79 Å². The Morgan fingerprint density at radius 2 is 1.79 bits per heavy atom. The van der Waals surface area contributed by atoms with E-state index >= 15 is 0 Å². The molecule has 0 aromatic heterocycles. The first-order valence-electron chi connectivity index (χ1n) is 9.46. The lowest BCUT2D eigenvalue weighted by atomic mass is 9.99. The minimum Gasteiger partial charge on any atom is -0.493 e. The third kappa shape index (κ3) is 5.15. The molecule has 0 aliphatic heterocycles. The molecular weight excluding hydrogens is 366 g/mol. The number of rotatable bonds is 8. The maximum atomic E-state index is 12.1. The second-order valence-corrected chi connectivity index (χ2v) is 6.61. The van der Waals surface area contributed by atoms with E-state index in [9.17, 15) is 9.90 Å². The quantitative estimate of drug-likeness (QED) is 0.567. The highest BCUT2D eigenvalue weighted by molar-refractivity contribution is 5.91. The summed E-state index contributed by atoms with van der Waals surface area (Å²) < 4.78 is 10.5. The van der Waals surface area contributed by atoms with E-state index in [2.05, 4.69) is 5.32 Å². The molecule has 3 aromatic rings. The van der Waals surface area contributed by atoms with Gasteiger partial charge >= 0.3 is 0 Å². The molecule has 3 rings (SSSR count). The molecule has 0 saturated heterocycles. The van der Waals surface area contributed by atoms with Crippen molar-refractivity contribution in [3.8, 4) is 11.5 Å². The van der Waals surface area contributed by atoms with Crippen molar-refractivity contribution in [3.05, 3.63) is 77.9 Å². The molecule has 150 valence electrons. The van der Waals surface area contributed by atoms with Gasteiger partial charge in [0.1, 0.15) is 0 Å². The summed E-state index contributed by atoms with van der Waals surface area (Å²) in [5, 5.41) is 15.5. The Bertz CT molecular complexity index is 1010. The second kappa shape index (κ2) is 9.75. The molecule has 1 atom stereocenters. The monoisotopic (exact) mass is 391 g/mol. The van der Waals surface area contributed by atoms with Gasteiger partial charge < -0.3 is 19.9 Å². The highest BCUT2D eigenvalue weighted by Gasteiger charge is 2.11. The highest BCUT2D eigenvalue weighted by Crippen LogP contribution is 2.28. The number of nitrogens with one attached hydrogen (secondary N) is 1. The molecule has 5 heteroatoms. The summed E-state index contributed by atoms with van der Waals surface area (Å²) in [6.45, 7) is 0.374. The van der Waals surface area contributed by atoms with E-state index in [1.165, 1.54) is 6.08 Å². The minimum atomic E-state index is -0.642. The van der Waals surface area contributed by atoms with Crippen LogP contribution < -0.4 is 14.8 Å². The van der Waals surface area contributed by atoms with Gasteiger partial charge in [-0.25, -0.2) is 0 Å². The normalized spacial score (nSPS) is 12.1. The number of aliphatic hydroxyl groups excluding tert-OH is 1. The molecule has 0 unspecified atom stereocenters. The maximum Gasteiger partial charge on any atom is 0.244 e. The summed E-state index contributed by atoms with van der Waals surface area (Å²) in [4.78, 5) is 12.1. The van der Waals surface area contributed by atoms with Crippen LogP contribution in [-0.4, -0.2) is 31.8 Å². The average Bonchev–Trinajstić information content (AvgIpc) is 2.76. The van der Waals surface area contributed by atoms with Crippen LogP contribution in [0, 0.1) is 0 Å². The first-order chi connectivity index (χ1) is 14.1. The van der Waals surface area contributed by atoms with Crippen LogP contribution in [0.25, 0.3) is 16.8 Å². The van der Waals surface area contributed by atoms with Crippen LogP contribution in [0.1, 0.15) is 23.7 Å². The summed E-state index contributed by atoms with van der Waals surface area (Å²) in [6, 6.07) is 19.3. The van der Waals surface area contributed by atoms with Crippen molar-refractivity contribution in [2.45, 2.75) is 12.5 Å². The molecule has 0 aliphatic rings. The topological polar surface area (TPSA) is 67.8 Å². The molecule has 2 N–H and O–H groups in total. The van der Waals surface area contributed by atoms with Gasteiger partial charge in [-0.05, 0) is 46.5 Å². The Balaban J connectivity index is 1.55. The second-order valence-electron chi connectivity index (χ2n) is 6.61. The maximum absolute atomic E-state index is 12.1. The summed E-state index contributed by atoms with van der Waals surface area (Å²) >= 11 is 0. The third-order valence-electron chi connectivity index (χ3n) is 4.73. The SMILES string of the molecule is COc1ccc(/C=C/C(=O)NCC[C@@H](O)c2cccc3ccccc23)cc1OC. The van der Waals surface area contributed by atoms with Crippen LogP contribution in [0.2, 0.25) is 0 Å². The Hall–Kier alpha value is -3.31. The fraction of sp³-hybridized carbons (Fsp3) is 0.208. The van der Waals surface area contributed by atoms with Crippen molar-refractivity contribution in [1.29, 1.82) is 0 Å². The Labute approximate surface area is 170 Å². The van der Waals surface area contributed by atoms with E-state index in [-0.39, 0.29) is 5.91 Å². The van der Waals surface area contributed by atoms with Crippen molar-refractivity contribution in [2.24, 2.45) is 0 Å². The van der Waals surface area contributed by atoms with Crippen molar-refractivity contribution in [3.63, 3.8) is 0 Å². The molecule has 0 heterocycles. The number of carbonyl (C=O) groups is 1. The Kier molecular flexibility index (Phi) is 6.87. The summed E-state index contributed by atoms with van der Waals surface area (Å²) in [7, 11) is 3.15. The third-order valence-corrected chi connectivity index (χ3v) is 4.73. The summed E-state index contributed by atoms with van der Waals surface area (Å²) in [6.07, 6.45) is 2.96. The number of benzene rings is 3. The molecule has 29 heavy (non-hydrogen) atoms. The number of hydrogen-bond acceptors (Lipinski definition) is 4. The molecule has 5 nitrogen and oxygen atoms in total. The molecule has 0 radical (unpaired) electrons. The van der Waals surface area contributed by atoms with E-state index in [4.69, 9.17) is 9.47 Å². The number of fused-ring (bicyclic) bond motifs is 1. The molecular formula is C24H25NO4. The first-order valence-corrected chi connectivity index (χ1v) is 9.46. The van der Waals surface area contributed by atoms with Crippen molar-refractivity contribution < 1.29 is 19.4 Å². The van der Waals surface area contributed by atoms with Crippen LogP contribution >= 0.6 is 0 Å². The lowest BCUT2D eigenvalue weighted by Gasteiger charge is -2.14. The zero-order chi connectivity index (χ0) is 20.6. The molecule has 3 aromatic carbocycles. The largest absolute Gasteiger partial charge is 0.493 e. The van der Waals surface area contributed by atoms with E-state index < -0.39 is 6.10 Å². The molecule has 0 saturated carbocycles. The van der Waals surface area contributed by atoms with Gasteiger partial charge in [0.2, 0.25) is 5.91 Å². The van der Waals surface area contributed by atoms with Gasteiger partial charge in [0.15, 0.2) is 11.5 Å². The standard InChI is InChI=1S/C24H25NO4/c1-28-22-12-10-17(16-23(22)29-2)11-13-24(27)25-15-14-21(26)20-9-5-7-18-6-3-4-8-19(18)20/h3-13,16,21,26H,14-15H2,1-2H3,(H,25,27)/b13-11+/t21-/m1/s1. The number of amides is 1. The number of methoxy groups -OCH3 is 2. The smallest absolute Gasteiger partial charge is 0.244 e. The van der Waals surface area contributed by atoms with E-state index in [0.29, 0.717) is 24.5 Å². The molecule has 0 bridgehead atoms. The predicted molar refractivity (Wildman–Crippen MR) is 115 cm³/mol. The van der Waals surface area contributed by atoms with Crippen LogP contribution in [-0.2, 0) is 4.79 Å². The zero-order valence-electron chi connectivity index (χ0n) is 16.6. The number of hydrogen-bond donors (Lipinski definition) is 2. The number of carbonyl (C=O) groups excluding carboxylic acids is 1. The van der Waals surface area contributed by atoms with Crippen molar-refractivity contribution >= 4 is 22.8 Å². The average molecular weight is 391 g/mol. The minimum absolute atomic E-state index is 0.218. The van der Waals surface area contributed by atoms with Crippen LogP contribution in [0.15, 0.2) is 66.7 Å².